The second-order valence-electron chi connectivity index (χ2n) is 6.85. The Morgan fingerprint density at radius 1 is 1.06 bits per heavy atom. The lowest BCUT2D eigenvalue weighted by Crippen LogP contribution is -2.36. The molecule has 3 rings (SSSR count). The molecule has 11 heteroatoms. The summed E-state index contributed by atoms with van der Waals surface area (Å²) < 4.78 is 68.3. The van der Waals surface area contributed by atoms with Crippen molar-refractivity contribution in [3.05, 3.63) is 65.2 Å². The molecule has 2 aromatic carbocycles. The SMILES string of the molecule is O=C(COC(=O)c1cccc(S(=O)(=O)N2CCc3ccccc3C2)c1)NCC(F)(F)F. The molecule has 0 radical (unpaired) electrons. The van der Waals surface area contributed by atoms with Gasteiger partial charge in [-0.25, -0.2) is 13.2 Å². The van der Waals surface area contributed by atoms with Crippen LogP contribution in [-0.4, -0.2) is 50.5 Å². The summed E-state index contributed by atoms with van der Waals surface area (Å²) in [6, 6.07) is 12.6. The van der Waals surface area contributed by atoms with Gasteiger partial charge in [0, 0.05) is 13.1 Å². The monoisotopic (exact) mass is 456 g/mol. The third kappa shape index (κ3) is 5.82. The smallest absolute Gasteiger partial charge is 0.405 e. The van der Waals surface area contributed by atoms with Crippen molar-refractivity contribution in [2.45, 2.75) is 24.0 Å². The molecule has 7 nitrogen and oxygen atoms in total. The first-order valence-corrected chi connectivity index (χ1v) is 10.7. The van der Waals surface area contributed by atoms with Gasteiger partial charge in [0.1, 0.15) is 6.54 Å². The average Bonchev–Trinajstić information content (AvgIpc) is 2.75. The third-order valence-corrected chi connectivity index (χ3v) is 6.46. The highest BCUT2D eigenvalue weighted by Gasteiger charge is 2.29. The van der Waals surface area contributed by atoms with Crippen molar-refractivity contribution in [1.82, 2.24) is 9.62 Å². The van der Waals surface area contributed by atoms with Crippen LogP contribution in [0.25, 0.3) is 0 Å². The summed E-state index contributed by atoms with van der Waals surface area (Å²) in [5.74, 6) is -2.15. The minimum atomic E-state index is -4.59. The van der Waals surface area contributed by atoms with E-state index < -0.39 is 41.2 Å². The number of rotatable bonds is 6. The van der Waals surface area contributed by atoms with Crippen LogP contribution in [0.2, 0.25) is 0 Å². The Balaban J connectivity index is 1.67. The first-order valence-electron chi connectivity index (χ1n) is 9.24. The normalized spacial score (nSPS) is 14.5. The van der Waals surface area contributed by atoms with Crippen LogP contribution in [0.1, 0.15) is 21.5 Å². The highest BCUT2D eigenvalue weighted by Crippen LogP contribution is 2.25. The summed E-state index contributed by atoms with van der Waals surface area (Å²) in [6.07, 6.45) is -4.03. The van der Waals surface area contributed by atoms with E-state index >= 15 is 0 Å². The standard InChI is InChI=1S/C20H19F3N2O5S/c21-20(22,23)13-24-18(26)12-30-19(27)15-6-3-7-17(10-15)31(28,29)25-9-8-14-4-1-2-5-16(14)11-25/h1-7,10H,8-9,11-13H2,(H,24,26). The lowest BCUT2D eigenvalue weighted by Gasteiger charge is -2.28. The number of nitrogens with one attached hydrogen (secondary N) is 1. The van der Waals surface area contributed by atoms with Crippen molar-refractivity contribution in [3.63, 3.8) is 0 Å². The number of halogens is 3. The van der Waals surface area contributed by atoms with Gasteiger partial charge in [-0.3, -0.25) is 4.79 Å². The second kappa shape index (κ2) is 9.06. The number of amides is 1. The van der Waals surface area contributed by atoms with Crippen LogP contribution in [0.4, 0.5) is 13.2 Å². The van der Waals surface area contributed by atoms with E-state index in [0.717, 1.165) is 17.2 Å². The second-order valence-corrected chi connectivity index (χ2v) is 8.79. The van der Waals surface area contributed by atoms with Crippen LogP contribution in [0.3, 0.4) is 0 Å². The van der Waals surface area contributed by atoms with E-state index in [2.05, 4.69) is 4.74 Å². The van der Waals surface area contributed by atoms with Gasteiger partial charge in [-0.1, -0.05) is 30.3 Å². The molecule has 0 saturated carbocycles. The predicted octanol–water partition coefficient (Wildman–Crippen LogP) is 2.27. The van der Waals surface area contributed by atoms with E-state index in [4.69, 9.17) is 0 Å². The number of ether oxygens (including phenoxy) is 1. The predicted molar refractivity (Wildman–Crippen MR) is 104 cm³/mol. The van der Waals surface area contributed by atoms with Crippen LogP contribution in [-0.2, 0) is 32.5 Å². The molecule has 1 aliphatic rings. The van der Waals surface area contributed by atoms with Crippen LogP contribution in [0, 0.1) is 0 Å². The fourth-order valence-electron chi connectivity index (χ4n) is 3.07. The Bertz CT molecular complexity index is 1090. The molecule has 0 fully saturated rings. The molecule has 31 heavy (non-hydrogen) atoms. The number of sulfonamides is 1. The zero-order valence-corrected chi connectivity index (χ0v) is 17.0. The Hall–Kier alpha value is -2.92. The molecule has 0 spiro atoms. The fourth-order valence-corrected chi connectivity index (χ4v) is 4.54. The van der Waals surface area contributed by atoms with Crippen molar-refractivity contribution >= 4 is 21.9 Å². The zero-order valence-electron chi connectivity index (χ0n) is 16.2. The number of nitrogens with zero attached hydrogens (tertiary/aromatic N) is 1. The lowest BCUT2D eigenvalue weighted by molar-refractivity contribution is -0.140. The van der Waals surface area contributed by atoms with Crippen LogP contribution in [0.5, 0.6) is 0 Å². The van der Waals surface area contributed by atoms with E-state index in [-0.39, 0.29) is 23.5 Å². The number of carbonyl (C=O) groups is 2. The maximum absolute atomic E-state index is 13.0. The Morgan fingerprint density at radius 3 is 2.48 bits per heavy atom. The summed E-state index contributed by atoms with van der Waals surface area (Å²) >= 11 is 0. The van der Waals surface area contributed by atoms with Crippen LogP contribution in [0.15, 0.2) is 53.4 Å². The van der Waals surface area contributed by atoms with Crippen molar-refractivity contribution in [2.75, 3.05) is 19.7 Å². The topological polar surface area (TPSA) is 92.8 Å². The van der Waals surface area contributed by atoms with Gasteiger partial charge in [0.25, 0.3) is 5.91 Å². The molecule has 0 saturated heterocycles. The number of fused-ring (bicyclic) bond motifs is 1. The van der Waals surface area contributed by atoms with E-state index in [1.54, 1.807) is 5.32 Å². The summed E-state index contributed by atoms with van der Waals surface area (Å²) in [5, 5.41) is 1.57. The van der Waals surface area contributed by atoms with Gasteiger partial charge in [-0.05, 0) is 35.7 Å². The van der Waals surface area contributed by atoms with Crippen LogP contribution < -0.4 is 5.32 Å². The van der Waals surface area contributed by atoms with Gasteiger partial charge in [-0.15, -0.1) is 0 Å². The van der Waals surface area contributed by atoms with Crippen LogP contribution >= 0.6 is 0 Å². The maximum atomic E-state index is 13.0. The first-order chi connectivity index (χ1) is 14.6. The minimum Gasteiger partial charge on any atom is -0.452 e. The molecular formula is C20H19F3N2O5S. The quantitative estimate of drug-likeness (QED) is 0.674. The molecule has 2 aromatic rings. The number of hydrogen-bond acceptors (Lipinski definition) is 5. The van der Waals surface area contributed by atoms with E-state index in [9.17, 15) is 31.2 Å². The molecule has 1 heterocycles. The van der Waals surface area contributed by atoms with Gasteiger partial charge in [0.05, 0.1) is 10.5 Å². The van der Waals surface area contributed by atoms with Gasteiger partial charge >= 0.3 is 12.1 Å². The molecule has 0 atom stereocenters. The number of benzene rings is 2. The van der Waals surface area contributed by atoms with Gasteiger partial charge in [-0.2, -0.15) is 17.5 Å². The fraction of sp³-hybridized carbons (Fsp3) is 0.300. The highest BCUT2D eigenvalue weighted by molar-refractivity contribution is 7.89. The van der Waals surface area contributed by atoms with Gasteiger partial charge in [0.15, 0.2) is 6.61 Å². The van der Waals surface area contributed by atoms with E-state index in [1.807, 2.05) is 24.3 Å². The largest absolute Gasteiger partial charge is 0.452 e. The number of alkyl halides is 3. The van der Waals surface area contributed by atoms with Crippen molar-refractivity contribution < 1.29 is 35.9 Å². The summed E-state index contributed by atoms with van der Waals surface area (Å²) in [7, 11) is -3.90. The first kappa shape index (κ1) is 22.8. The lowest BCUT2D eigenvalue weighted by atomic mass is 10.0. The maximum Gasteiger partial charge on any atom is 0.405 e. The highest BCUT2D eigenvalue weighted by atomic mass is 32.2. The van der Waals surface area contributed by atoms with Crippen molar-refractivity contribution in [1.29, 1.82) is 0 Å². The third-order valence-electron chi connectivity index (χ3n) is 4.62. The molecular weight excluding hydrogens is 437 g/mol. The summed E-state index contributed by atoms with van der Waals surface area (Å²) in [5.41, 5.74) is 1.84. The zero-order chi connectivity index (χ0) is 22.6. The Morgan fingerprint density at radius 2 is 1.77 bits per heavy atom. The number of esters is 1. The minimum absolute atomic E-state index is 0.122. The van der Waals surface area contributed by atoms with E-state index in [0.29, 0.717) is 6.42 Å². The molecule has 166 valence electrons. The molecule has 0 unspecified atom stereocenters. The number of carbonyl (C=O) groups excluding carboxylic acids is 2. The molecule has 1 aliphatic heterocycles. The summed E-state index contributed by atoms with van der Waals surface area (Å²) in [4.78, 5) is 23.4. The summed E-state index contributed by atoms with van der Waals surface area (Å²) in [6.45, 7) is -1.98. The molecule has 0 bridgehead atoms. The Labute approximate surface area is 176 Å². The molecule has 0 aromatic heterocycles. The van der Waals surface area contributed by atoms with Gasteiger partial charge in [0.2, 0.25) is 10.0 Å². The van der Waals surface area contributed by atoms with Crippen molar-refractivity contribution in [3.8, 4) is 0 Å². The van der Waals surface area contributed by atoms with Gasteiger partial charge < -0.3 is 10.1 Å². The Kier molecular flexibility index (Phi) is 6.65. The van der Waals surface area contributed by atoms with Crippen molar-refractivity contribution in [2.24, 2.45) is 0 Å². The number of hydrogen-bond donors (Lipinski definition) is 1. The molecule has 0 aliphatic carbocycles. The molecule has 1 amide bonds. The average molecular weight is 456 g/mol. The molecule has 1 N–H and O–H groups in total. The van der Waals surface area contributed by atoms with E-state index in [1.165, 1.54) is 22.5 Å².